The molecule has 0 radical (unpaired) electrons. The smallest absolute Gasteiger partial charge is 0.147 e. The lowest BCUT2D eigenvalue weighted by atomic mass is 9.83. The first-order valence-electron chi connectivity index (χ1n) is 8.72. The van der Waals surface area contributed by atoms with Crippen LogP contribution in [0.4, 0.5) is 0 Å². The van der Waals surface area contributed by atoms with Crippen LogP contribution >= 0.6 is 0 Å². The second-order valence-electron chi connectivity index (χ2n) is 7.90. The topological polar surface area (TPSA) is 26.3 Å². The quantitative estimate of drug-likeness (QED) is 0.303. The molecule has 0 saturated carbocycles. The zero-order valence-electron chi connectivity index (χ0n) is 14.9. The number of aryl methyl sites for hydroxylation is 1. The van der Waals surface area contributed by atoms with Crippen molar-refractivity contribution in [2.45, 2.75) is 33.1 Å². The summed E-state index contributed by atoms with van der Waals surface area (Å²) in [5, 5.41) is 4.50. The maximum atomic E-state index is 6.34. The van der Waals surface area contributed by atoms with Gasteiger partial charge in [-0.3, -0.25) is 0 Å². The largest absolute Gasteiger partial charge is 0.456 e. The summed E-state index contributed by atoms with van der Waals surface area (Å²) in [6, 6.07) is 16.7. The van der Waals surface area contributed by atoms with E-state index in [0.29, 0.717) is 0 Å². The van der Waals surface area contributed by atoms with Crippen LogP contribution in [-0.4, -0.2) is 0 Å². The Morgan fingerprint density at radius 1 is 0.680 bits per heavy atom. The Labute approximate surface area is 146 Å². The van der Waals surface area contributed by atoms with E-state index in [1.54, 1.807) is 0 Å². The van der Waals surface area contributed by atoms with E-state index in [1.165, 1.54) is 11.1 Å². The van der Waals surface area contributed by atoms with Gasteiger partial charge in [-0.15, -0.1) is 0 Å². The molecule has 2 heteroatoms. The van der Waals surface area contributed by atoms with Crippen LogP contribution in [0.5, 0.6) is 0 Å². The predicted octanol–water partition coefficient (Wildman–Crippen LogP) is 7.09. The predicted molar refractivity (Wildman–Crippen MR) is 104 cm³/mol. The summed E-state index contributed by atoms with van der Waals surface area (Å²) in [6.07, 6.45) is 0. The molecule has 0 unspecified atom stereocenters. The molecule has 0 bridgehead atoms. The molecular weight excluding hydrogens is 308 g/mol. The third-order valence-corrected chi connectivity index (χ3v) is 5.11. The Kier molecular flexibility index (Phi) is 2.72. The summed E-state index contributed by atoms with van der Waals surface area (Å²) in [5.41, 5.74) is 6.26. The van der Waals surface area contributed by atoms with E-state index in [9.17, 15) is 0 Å². The minimum absolute atomic E-state index is 0.0183. The van der Waals surface area contributed by atoms with Crippen molar-refractivity contribution in [2.75, 3.05) is 0 Å². The van der Waals surface area contributed by atoms with Crippen LogP contribution in [0.25, 0.3) is 43.9 Å². The highest BCUT2D eigenvalue weighted by atomic mass is 16.3. The van der Waals surface area contributed by atoms with Gasteiger partial charge in [0.25, 0.3) is 0 Å². The monoisotopic (exact) mass is 328 g/mol. The third-order valence-electron chi connectivity index (χ3n) is 5.11. The zero-order chi connectivity index (χ0) is 17.3. The normalized spacial score (nSPS) is 12.8. The summed E-state index contributed by atoms with van der Waals surface area (Å²) >= 11 is 0. The van der Waals surface area contributed by atoms with Gasteiger partial charge in [-0.1, -0.05) is 51.1 Å². The Bertz CT molecular complexity index is 1280. The fourth-order valence-electron chi connectivity index (χ4n) is 4.14. The number of hydrogen-bond donors (Lipinski definition) is 0. The molecule has 124 valence electrons. The second kappa shape index (κ2) is 4.66. The Morgan fingerprint density at radius 3 is 2.20 bits per heavy atom. The maximum absolute atomic E-state index is 6.34. The van der Waals surface area contributed by atoms with Gasteiger partial charge in [-0.2, -0.15) is 0 Å². The van der Waals surface area contributed by atoms with E-state index >= 15 is 0 Å². The minimum Gasteiger partial charge on any atom is -0.456 e. The zero-order valence-corrected chi connectivity index (χ0v) is 14.9. The molecule has 0 aliphatic heterocycles. The van der Waals surface area contributed by atoms with E-state index in [0.717, 1.165) is 43.9 Å². The molecule has 0 amide bonds. The molecule has 0 N–H and O–H groups in total. The molecule has 0 spiro atoms. The van der Waals surface area contributed by atoms with E-state index in [1.807, 2.05) is 12.1 Å². The fourth-order valence-corrected chi connectivity index (χ4v) is 4.14. The lowest BCUT2D eigenvalue weighted by Crippen LogP contribution is -2.13. The van der Waals surface area contributed by atoms with Gasteiger partial charge in [-0.25, -0.2) is 0 Å². The van der Waals surface area contributed by atoms with Crippen LogP contribution in [0.2, 0.25) is 0 Å². The van der Waals surface area contributed by atoms with Gasteiger partial charge >= 0.3 is 0 Å². The number of rotatable bonds is 0. The van der Waals surface area contributed by atoms with Crippen LogP contribution in [0.3, 0.4) is 0 Å². The molecule has 5 aromatic rings. The second-order valence-corrected chi connectivity index (χ2v) is 7.90. The number of para-hydroxylation sites is 1. The average Bonchev–Trinajstić information content (AvgIpc) is 3.10. The van der Waals surface area contributed by atoms with Crippen molar-refractivity contribution in [1.82, 2.24) is 0 Å². The maximum Gasteiger partial charge on any atom is 0.147 e. The Balaban J connectivity index is 2.03. The van der Waals surface area contributed by atoms with Crippen LogP contribution in [0.15, 0.2) is 57.4 Å². The van der Waals surface area contributed by atoms with Crippen LogP contribution in [-0.2, 0) is 5.41 Å². The Morgan fingerprint density at radius 2 is 1.40 bits per heavy atom. The van der Waals surface area contributed by atoms with E-state index in [-0.39, 0.29) is 5.41 Å². The van der Waals surface area contributed by atoms with E-state index < -0.39 is 0 Å². The highest BCUT2D eigenvalue weighted by Gasteiger charge is 2.24. The van der Waals surface area contributed by atoms with Crippen molar-refractivity contribution in [3.05, 3.63) is 59.7 Å². The van der Waals surface area contributed by atoms with E-state index in [4.69, 9.17) is 8.83 Å². The summed E-state index contributed by atoms with van der Waals surface area (Å²) < 4.78 is 12.6. The summed E-state index contributed by atoms with van der Waals surface area (Å²) in [5.74, 6) is 0. The summed E-state index contributed by atoms with van der Waals surface area (Å²) in [4.78, 5) is 0. The average molecular weight is 328 g/mol. The fraction of sp³-hybridized carbons (Fsp3) is 0.217. The number of hydrogen-bond acceptors (Lipinski definition) is 2. The van der Waals surface area contributed by atoms with Crippen molar-refractivity contribution in [2.24, 2.45) is 0 Å². The van der Waals surface area contributed by atoms with Gasteiger partial charge < -0.3 is 8.83 Å². The summed E-state index contributed by atoms with van der Waals surface area (Å²) in [7, 11) is 0. The summed E-state index contributed by atoms with van der Waals surface area (Å²) in [6.45, 7) is 8.86. The lowest BCUT2D eigenvalue weighted by Gasteiger charge is -2.21. The molecule has 0 fully saturated rings. The minimum atomic E-state index is 0.0183. The van der Waals surface area contributed by atoms with Gasteiger partial charge in [0.15, 0.2) is 0 Å². The van der Waals surface area contributed by atoms with Crippen LogP contribution in [0.1, 0.15) is 31.9 Å². The molecule has 2 heterocycles. The number of benzene rings is 3. The van der Waals surface area contributed by atoms with Crippen molar-refractivity contribution >= 4 is 43.9 Å². The molecule has 0 aliphatic carbocycles. The molecule has 0 aliphatic rings. The van der Waals surface area contributed by atoms with Gasteiger partial charge in [0.05, 0.1) is 5.39 Å². The van der Waals surface area contributed by atoms with E-state index in [2.05, 4.69) is 64.1 Å². The van der Waals surface area contributed by atoms with Crippen LogP contribution < -0.4 is 0 Å². The molecule has 3 aromatic carbocycles. The third kappa shape index (κ3) is 1.91. The Hall–Kier alpha value is -2.74. The first-order chi connectivity index (χ1) is 11.9. The van der Waals surface area contributed by atoms with Gasteiger partial charge in [0.2, 0.25) is 0 Å². The standard InChI is InChI=1S/C23H20O2/c1-13-9-10-16-19-18(25-22(16)20(13)23(2,3)4)12-11-15-14-7-5-6-8-17(14)24-21(15)19/h5-12H,1-4H3. The SMILES string of the molecule is Cc1ccc2c(oc3ccc4c5ccccc5oc4c32)c1C(C)(C)C. The molecule has 0 atom stereocenters. The molecule has 2 nitrogen and oxygen atoms in total. The number of furan rings is 2. The molecule has 2 aromatic heterocycles. The first-order valence-corrected chi connectivity index (χ1v) is 8.72. The first kappa shape index (κ1) is 14.6. The molecule has 5 rings (SSSR count). The highest BCUT2D eigenvalue weighted by Crippen LogP contribution is 2.42. The van der Waals surface area contributed by atoms with Crippen molar-refractivity contribution in [1.29, 1.82) is 0 Å². The highest BCUT2D eigenvalue weighted by molar-refractivity contribution is 6.22. The molecule has 25 heavy (non-hydrogen) atoms. The van der Waals surface area contributed by atoms with Gasteiger partial charge in [0.1, 0.15) is 22.3 Å². The molecular formula is C23H20O2. The molecule has 0 saturated heterocycles. The number of fused-ring (bicyclic) bond motifs is 7. The van der Waals surface area contributed by atoms with Crippen LogP contribution in [0, 0.1) is 6.92 Å². The van der Waals surface area contributed by atoms with Gasteiger partial charge in [0, 0.05) is 21.7 Å². The van der Waals surface area contributed by atoms with Crippen molar-refractivity contribution in [3.63, 3.8) is 0 Å². The van der Waals surface area contributed by atoms with Gasteiger partial charge in [-0.05, 0) is 36.1 Å². The lowest BCUT2D eigenvalue weighted by molar-refractivity contribution is 0.569. The van der Waals surface area contributed by atoms with Crippen molar-refractivity contribution < 1.29 is 8.83 Å². The van der Waals surface area contributed by atoms with Crippen molar-refractivity contribution in [3.8, 4) is 0 Å².